The molecule has 0 radical (unpaired) electrons. The monoisotopic (exact) mass is 476 g/mol. The molecule has 1 atom stereocenters. The molecule has 0 bridgehead atoms. The highest BCUT2D eigenvalue weighted by Gasteiger charge is 2.29. The lowest BCUT2D eigenvalue weighted by Gasteiger charge is -2.15. The molecule has 4 rings (SSSR count). The van der Waals surface area contributed by atoms with E-state index in [1.807, 2.05) is 0 Å². The van der Waals surface area contributed by atoms with Crippen molar-refractivity contribution < 1.29 is 27.1 Å². The normalized spacial score (nSPS) is 17.2. The number of benzene rings is 1. The lowest BCUT2D eigenvalue weighted by atomic mass is 10.0. The molecule has 1 N–H and O–H groups in total. The van der Waals surface area contributed by atoms with Crippen LogP contribution in [0.1, 0.15) is 36.9 Å². The first kappa shape index (κ1) is 23.1. The van der Waals surface area contributed by atoms with Gasteiger partial charge in [-0.25, -0.2) is 17.6 Å². The number of hydrogen-bond acceptors (Lipinski definition) is 7. The molecular weight excluding hydrogens is 451 g/mol. The Morgan fingerprint density at radius 2 is 2.00 bits per heavy atom. The molecule has 176 valence electrons. The summed E-state index contributed by atoms with van der Waals surface area (Å²) in [5, 5.41) is 10.1. The number of aryl methyl sites for hydroxylation is 1. The van der Waals surface area contributed by atoms with Gasteiger partial charge in [-0.2, -0.15) is 5.10 Å². The van der Waals surface area contributed by atoms with E-state index in [1.54, 1.807) is 25.1 Å². The second-order valence-corrected chi connectivity index (χ2v) is 10.8. The summed E-state index contributed by atoms with van der Waals surface area (Å²) < 4.78 is 44.9. The van der Waals surface area contributed by atoms with Crippen LogP contribution in [0.4, 0.5) is 15.0 Å². The van der Waals surface area contributed by atoms with Crippen molar-refractivity contribution in [3.05, 3.63) is 47.4 Å². The van der Waals surface area contributed by atoms with Crippen LogP contribution in [0.5, 0.6) is 5.75 Å². The van der Waals surface area contributed by atoms with Gasteiger partial charge in [0.2, 0.25) is 5.91 Å². The van der Waals surface area contributed by atoms with Gasteiger partial charge in [0.05, 0.1) is 23.8 Å². The van der Waals surface area contributed by atoms with E-state index in [0.29, 0.717) is 23.8 Å². The average Bonchev–Trinajstić information content (AvgIpc) is 3.54. The summed E-state index contributed by atoms with van der Waals surface area (Å²) in [6.07, 6.45) is 2.35. The van der Waals surface area contributed by atoms with Gasteiger partial charge in [-0.05, 0) is 54.5 Å². The van der Waals surface area contributed by atoms with E-state index in [0.717, 1.165) is 17.7 Å². The third-order valence-corrected chi connectivity index (χ3v) is 7.48. The molecule has 2 aliphatic rings. The van der Waals surface area contributed by atoms with Crippen LogP contribution in [0.15, 0.2) is 30.3 Å². The molecule has 33 heavy (non-hydrogen) atoms. The van der Waals surface area contributed by atoms with Crippen molar-refractivity contribution in [3.8, 4) is 5.75 Å². The summed E-state index contributed by atoms with van der Waals surface area (Å²) in [4.78, 5) is 24.1. The molecule has 0 unspecified atom stereocenters. The maximum absolute atomic E-state index is 14.0. The van der Waals surface area contributed by atoms with Gasteiger partial charge in [0.15, 0.2) is 27.2 Å². The van der Waals surface area contributed by atoms with Gasteiger partial charge in [0.25, 0.3) is 0 Å². The highest BCUT2D eigenvalue weighted by Crippen LogP contribution is 2.31. The van der Waals surface area contributed by atoms with E-state index < -0.39 is 27.6 Å². The van der Waals surface area contributed by atoms with Crippen LogP contribution < -0.4 is 15.0 Å². The van der Waals surface area contributed by atoms with Crippen molar-refractivity contribution in [2.24, 2.45) is 5.92 Å². The maximum Gasteiger partial charge on any atom is 0.330 e. The highest BCUT2D eigenvalue weighted by molar-refractivity contribution is 7.91. The van der Waals surface area contributed by atoms with Crippen LogP contribution in [0.2, 0.25) is 0 Å². The van der Waals surface area contributed by atoms with Gasteiger partial charge in [-0.3, -0.25) is 15.0 Å². The summed E-state index contributed by atoms with van der Waals surface area (Å²) in [5.41, 5.74) is 1.16. The Hall–Kier alpha value is -3.08. The predicted molar refractivity (Wildman–Crippen MR) is 118 cm³/mol. The zero-order valence-electron chi connectivity index (χ0n) is 18.2. The standard InChI is InChI=1S/C22H25FN4O5S/c1-14(16-4-6-18(23)19(10-16)32-12-15-2-3-15)13-33(30,31)9-8-17-5-7-20(26-25-17)27-11-21(28)24-22(27)29/h4-7,10,14-15H,2-3,8-9,11-13H2,1H3,(H,24,28,29)/t14-/m0/s1. The third-order valence-electron chi connectivity index (χ3n) is 5.64. The number of amides is 3. The van der Waals surface area contributed by atoms with Crippen molar-refractivity contribution in [1.29, 1.82) is 0 Å². The van der Waals surface area contributed by atoms with Crippen LogP contribution >= 0.6 is 0 Å². The highest BCUT2D eigenvalue weighted by atomic mass is 32.2. The minimum Gasteiger partial charge on any atom is -0.490 e. The second-order valence-electron chi connectivity index (χ2n) is 8.53. The Morgan fingerprint density at radius 1 is 1.21 bits per heavy atom. The third kappa shape index (κ3) is 6.04. The minimum atomic E-state index is -3.43. The van der Waals surface area contributed by atoms with E-state index >= 15 is 0 Å². The fourth-order valence-electron chi connectivity index (χ4n) is 3.51. The number of sulfone groups is 1. The van der Waals surface area contributed by atoms with Gasteiger partial charge in [0.1, 0.15) is 6.54 Å². The number of anilines is 1. The summed E-state index contributed by atoms with van der Waals surface area (Å²) in [6, 6.07) is 7.02. The Morgan fingerprint density at radius 3 is 2.64 bits per heavy atom. The van der Waals surface area contributed by atoms with Crippen LogP contribution in [0, 0.1) is 11.7 Å². The smallest absolute Gasteiger partial charge is 0.330 e. The molecule has 11 heteroatoms. The van der Waals surface area contributed by atoms with Crippen molar-refractivity contribution in [1.82, 2.24) is 15.5 Å². The van der Waals surface area contributed by atoms with Crippen LogP contribution in [-0.4, -0.2) is 55.2 Å². The maximum atomic E-state index is 14.0. The van der Waals surface area contributed by atoms with Gasteiger partial charge < -0.3 is 4.74 Å². The number of ether oxygens (including phenoxy) is 1. The molecule has 9 nitrogen and oxygen atoms in total. The van der Waals surface area contributed by atoms with E-state index in [2.05, 4.69) is 15.5 Å². The SMILES string of the molecule is C[C@@H](CS(=O)(=O)CCc1ccc(N2CC(=O)NC2=O)nn1)c1ccc(F)c(OCC2CC2)c1. The lowest BCUT2D eigenvalue weighted by molar-refractivity contribution is -0.117. The molecule has 1 aliphatic heterocycles. The number of nitrogens with zero attached hydrogens (tertiary/aromatic N) is 3. The first-order valence-corrected chi connectivity index (χ1v) is 12.6. The number of carbonyl (C=O) groups excluding carboxylic acids is 2. The number of halogens is 1. The van der Waals surface area contributed by atoms with Crippen LogP contribution in [-0.2, 0) is 21.1 Å². The Bertz CT molecular complexity index is 1150. The number of rotatable bonds is 10. The molecule has 1 aromatic carbocycles. The predicted octanol–water partition coefficient (Wildman–Crippen LogP) is 2.22. The van der Waals surface area contributed by atoms with Crippen LogP contribution in [0.3, 0.4) is 0 Å². The van der Waals surface area contributed by atoms with Gasteiger partial charge in [0, 0.05) is 6.42 Å². The molecule has 3 amide bonds. The number of carbonyl (C=O) groups is 2. The van der Waals surface area contributed by atoms with Gasteiger partial charge >= 0.3 is 6.03 Å². The van der Waals surface area contributed by atoms with E-state index in [-0.39, 0.29) is 42.0 Å². The lowest BCUT2D eigenvalue weighted by Crippen LogP contribution is -2.28. The molecule has 1 aliphatic carbocycles. The van der Waals surface area contributed by atoms with E-state index in [9.17, 15) is 22.4 Å². The quantitative estimate of drug-likeness (QED) is 0.522. The van der Waals surface area contributed by atoms with Crippen molar-refractivity contribution in [2.75, 3.05) is 29.6 Å². The Kier molecular flexibility index (Phi) is 6.59. The zero-order chi connectivity index (χ0) is 23.6. The minimum absolute atomic E-state index is 0.0950. The molecule has 2 heterocycles. The average molecular weight is 477 g/mol. The van der Waals surface area contributed by atoms with Crippen molar-refractivity contribution >= 4 is 27.6 Å². The van der Waals surface area contributed by atoms with Gasteiger partial charge in [-0.15, -0.1) is 5.10 Å². The summed E-state index contributed by atoms with van der Waals surface area (Å²) >= 11 is 0. The number of aromatic nitrogens is 2. The Balaban J connectivity index is 1.33. The summed E-state index contributed by atoms with van der Waals surface area (Å²) in [6.45, 7) is 2.13. The molecular formula is C22H25FN4O5S. The molecule has 1 aromatic heterocycles. The zero-order valence-corrected chi connectivity index (χ0v) is 19.0. The molecule has 2 fully saturated rings. The Labute approximate surface area is 191 Å². The molecule has 1 saturated carbocycles. The number of hydrogen-bond donors (Lipinski definition) is 1. The van der Waals surface area contributed by atoms with Crippen LogP contribution in [0.25, 0.3) is 0 Å². The summed E-state index contributed by atoms with van der Waals surface area (Å²) in [5.74, 6) is -0.567. The number of imide groups is 1. The number of urea groups is 1. The summed E-state index contributed by atoms with van der Waals surface area (Å²) in [7, 11) is -3.43. The van der Waals surface area contributed by atoms with Crippen molar-refractivity contribution in [3.63, 3.8) is 0 Å². The second kappa shape index (κ2) is 9.42. The fraction of sp³-hybridized carbons (Fsp3) is 0.455. The largest absolute Gasteiger partial charge is 0.490 e. The van der Waals surface area contributed by atoms with Gasteiger partial charge in [-0.1, -0.05) is 13.0 Å². The first-order valence-electron chi connectivity index (χ1n) is 10.8. The molecule has 1 saturated heterocycles. The topological polar surface area (TPSA) is 119 Å². The fourth-order valence-corrected chi connectivity index (χ4v) is 5.15. The van der Waals surface area contributed by atoms with Crippen molar-refractivity contribution in [2.45, 2.75) is 32.1 Å². The first-order chi connectivity index (χ1) is 15.7. The number of nitrogens with one attached hydrogen (secondary N) is 1. The molecule has 2 aromatic rings. The molecule has 0 spiro atoms. The van der Waals surface area contributed by atoms with E-state index in [4.69, 9.17) is 4.74 Å². The van der Waals surface area contributed by atoms with E-state index in [1.165, 1.54) is 12.1 Å².